The second-order valence-corrected chi connectivity index (χ2v) is 7.34. The minimum atomic E-state index is -1.42. The van der Waals surface area contributed by atoms with E-state index in [1.807, 2.05) is 0 Å². The van der Waals surface area contributed by atoms with Gasteiger partial charge in [0.05, 0.1) is 24.7 Å². The molecule has 0 saturated heterocycles. The Kier molecular flexibility index (Phi) is 6.99. The molecule has 2 N–H and O–H groups in total. The number of amides is 2. The van der Waals surface area contributed by atoms with Crippen molar-refractivity contribution in [2.75, 3.05) is 13.9 Å². The molecule has 0 saturated carbocycles. The number of hydrogen-bond donors (Lipinski definition) is 2. The summed E-state index contributed by atoms with van der Waals surface area (Å²) in [6.07, 6.45) is 1.41. The van der Waals surface area contributed by atoms with E-state index in [1.54, 1.807) is 56.3 Å². The summed E-state index contributed by atoms with van der Waals surface area (Å²) >= 11 is 0. The van der Waals surface area contributed by atoms with Crippen LogP contribution in [-0.2, 0) is 9.59 Å². The summed E-state index contributed by atoms with van der Waals surface area (Å²) in [6, 6.07) is 10.3. The number of nitrogens with one attached hydrogen (secondary N) is 2. The van der Waals surface area contributed by atoms with Crippen LogP contribution in [0.4, 0.5) is 0 Å². The van der Waals surface area contributed by atoms with Gasteiger partial charge in [0.25, 0.3) is 11.8 Å². The number of benzene rings is 2. The third kappa shape index (κ3) is 5.18. The van der Waals surface area contributed by atoms with Crippen molar-refractivity contribution in [3.05, 3.63) is 59.3 Å². The number of aliphatic carboxylic acids is 1. The molecule has 0 fully saturated rings. The van der Waals surface area contributed by atoms with Crippen LogP contribution in [0.2, 0.25) is 0 Å². The van der Waals surface area contributed by atoms with Gasteiger partial charge in [-0.15, -0.1) is 0 Å². The minimum absolute atomic E-state index is 0.0854. The van der Waals surface area contributed by atoms with Crippen LogP contribution >= 0.6 is 0 Å². The van der Waals surface area contributed by atoms with Crippen LogP contribution in [0, 0.1) is 5.92 Å². The van der Waals surface area contributed by atoms with Crippen molar-refractivity contribution in [1.82, 2.24) is 10.6 Å². The number of fused-ring (bicyclic) bond motifs is 1. The molecule has 32 heavy (non-hydrogen) atoms. The highest BCUT2D eigenvalue weighted by molar-refractivity contribution is 6.07. The predicted molar refractivity (Wildman–Crippen MR) is 113 cm³/mol. The molecular weight excluding hydrogens is 416 g/mol. The summed E-state index contributed by atoms with van der Waals surface area (Å²) in [7, 11) is 1.43. The highest BCUT2D eigenvalue weighted by atomic mass is 16.7. The monoisotopic (exact) mass is 439 g/mol. The summed E-state index contributed by atoms with van der Waals surface area (Å²) < 4.78 is 15.8. The van der Waals surface area contributed by atoms with Crippen molar-refractivity contribution in [2.24, 2.45) is 5.92 Å². The van der Waals surface area contributed by atoms with Crippen molar-refractivity contribution in [1.29, 1.82) is 0 Å². The Labute approximate surface area is 185 Å². The number of carbonyl (C=O) groups is 3. The van der Waals surface area contributed by atoms with Crippen LogP contribution in [-0.4, -0.2) is 37.7 Å². The molecule has 2 aromatic carbocycles. The van der Waals surface area contributed by atoms with Gasteiger partial charge >= 0.3 is 0 Å². The summed E-state index contributed by atoms with van der Waals surface area (Å²) in [4.78, 5) is 37.3. The first kappa shape index (κ1) is 22.7. The zero-order valence-corrected chi connectivity index (χ0v) is 17.8. The maximum Gasteiger partial charge on any atom is 0.268 e. The Hall–Kier alpha value is -4.01. The van der Waals surface area contributed by atoms with Crippen molar-refractivity contribution in [2.45, 2.75) is 19.9 Å². The minimum Gasteiger partial charge on any atom is -0.548 e. The van der Waals surface area contributed by atoms with Crippen LogP contribution in [0.25, 0.3) is 6.08 Å². The number of hydrogen-bond acceptors (Lipinski definition) is 7. The Morgan fingerprint density at radius 3 is 2.50 bits per heavy atom. The molecule has 2 amide bonds. The zero-order valence-electron chi connectivity index (χ0n) is 17.8. The predicted octanol–water partition coefficient (Wildman–Crippen LogP) is 1.09. The van der Waals surface area contributed by atoms with Gasteiger partial charge in [0.2, 0.25) is 6.79 Å². The number of carboxylic acids is 1. The Balaban J connectivity index is 1.94. The quantitative estimate of drug-likeness (QED) is 0.590. The summed E-state index contributed by atoms with van der Waals surface area (Å²) in [5.74, 6) is -1.87. The van der Waals surface area contributed by atoms with Crippen molar-refractivity contribution in [3.63, 3.8) is 0 Å². The molecule has 1 atom stereocenters. The van der Waals surface area contributed by atoms with E-state index in [2.05, 4.69) is 10.6 Å². The van der Waals surface area contributed by atoms with E-state index >= 15 is 0 Å². The van der Waals surface area contributed by atoms with Gasteiger partial charge < -0.3 is 34.7 Å². The van der Waals surface area contributed by atoms with Crippen LogP contribution in [0.3, 0.4) is 0 Å². The maximum atomic E-state index is 12.9. The highest BCUT2D eigenvalue weighted by Crippen LogP contribution is 2.33. The first-order chi connectivity index (χ1) is 15.3. The van der Waals surface area contributed by atoms with Gasteiger partial charge in [-0.1, -0.05) is 32.0 Å². The maximum absolute atomic E-state index is 12.9. The summed E-state index contributed by atoms with van der Waals surface area (Å²) in [5.41, 5.74) is 0.584. The smallest absolute Gasteiger partial charge is 0.268 e. The van der Waals surface area contributed by atoms with Gasteiger partial charge in [0.1, 0.15) is 11.4 Å². The average molecular weight is 439 g/mol. The topological polar surface area (TPSA) is 126 Å². The van der Waals surface area contributed by atoms with E-state index in [1.165, 1.54) is 13.2 Å². The molecule has 1 aliphatic heterocycles. The molecule has 0 radical (unpaired) electrons. The van der Waals surface area contributed by atoms with Gasteiger partial charge in [0, 0.05) is 0 Å². The van der Waals surface area contributed by atoms with Gasteiger partial charge in [-0.05, 0) is 41.8 Å². The number of methoxy groups -OCH3 is 1. The third-order valence-electron chi connectivity index (χ3n) is 4.76. The molecule has 0 unspecified atom stereocenters. The molecule has 9 nitrogen and oxygen atoms in total. The molecule has 1 aliphatic rings. The lowest BCUT2D eigenvalue weighted by Gasteiger charge is -2.24. The van der Waals surface area contributed by atoms with E-state index in [-0.39, 0.29) is 18.1 Å². The van der Waals surface area contributed by atoms with Crippen LogP contribution < -0.4 is 30.0 Å². The lowest BCUT2D eigenvalue weighted by atomic mass is 10.0. The number of carboxylic acid groups (broad SMARTS) is 1. The van der Waals surface area contributed by atoms with E-state index in [9.17, 15) is 19.5 Å². The Morgan fingerprint density at radius 2 is 1.81 bits per heavy atom. The lowest BCUT2D eigenvalue weighted by Crippen LogP contribution is -2.52. The van der Waals surface area contributed by atoms with Gasteiger partial charge in [-0.2, -0.15) is 0 Å². The number of ether oxygens (including phenoxy) is 3. The number of rotatable bonds is 8. The first-order valence-electron chi connectivity index (χ1n) is 9.87. The average Bonchev–Trinajstić information content (AvgIpc) is 3.24. The van der Waals surface area contributed by atoms with Crippen molar-refractivity contribution < 1.29 is 33.7 Å². The normalized spacial score (nSPS) is 13.4. The van der Waals surface area contributed by atoms with Gasteiger partial charge in [-0.3, -0.25) is 9.59 Å². The second-order valence-electron chi connectivity index (χ2n) is 7.34. The SMILES string of the molecule is COc1ccccc1C(=O)N/C(=C\c1ccc2c(c1)OCO2)C(=O)N[C@H](C(=O)[O-])C(C)C. The fraction of sp³-hybridized carbons (Fsp3) is 0.261. The van der Waals surface area contributed by atoms with Crippen LogP contribution in [0.5, 0.6) is 17.2 Å². The lowest BCUT2D eigenvalue weighted by molar-refractivity contribution is -0.309. The van der Waals surface area contributed by atoms with Crippen LogP contribution in [0.1, 0.15) is 29.8 Å². The molecule has 1 heterocycles. The number of carbonyl (C=O) groups excluding carboxylic acids is 3. The molecule has 3 rings (SSSR count). The largest absolute Gasteiger partial charge is 0.548 e. The van der Waals surface area contributed by atoms with E-state index in [0.717, 1.165) is 0 Å². The zero-order chi connectivity index (χ0) is 23.3. The third-order valence-corrected chi connectivity index (χ3v) is 4.76. The fourth-order valence-electron chi connectivity index (χ4n) is 3.07. The van der Waals surface area contributed by atoms with E-state index in [0.29, 0.717) is 22.8 Å². The molecule has 0 aliphatic carbocycles. The molecule has 9 heteroatoms. The molecule has 2 aromatic rings. The Bertz CT molecular complexity index is 1060. The standard InChI is InChI=1S/C23H24N2O7/c1-13(2)20(23(28)29)25-22(27)16(10-14-8-9-18-19(11-14)32-12-31-18)24-21(26)15-6-4-5-7-17(15)30-3/h4-11,13,20H,12H2,1-3H3,(H,24,26)(H,25,27)(H,28,29)/p-1/b16-10-/t20-/m0/s1. The van der Waals surface area contributed by atoms with E-state index in [4.69, 9.17) is 14.2 Å². The molecular formula is C23H23N2O7-. The fourth-order valence-corrected chi connectivity index (χ4v) is 3.07. The number of para-hydroxylation sites is 1. The summed E-state index contributed by atoms with van der Waals surface area (Å²) in [5, 5.41) is 16.4. The second kappa shape index (κ2) is 9.86. The molecule has 0 spiro atoms. The molecule has 168 valence electrons. The van der Waals surface area contributed by atoms with Gasteiger partial charge in [0.15, 0.2) is 11.5 Å². The van der Waals surface area contributed by atoms with E-state index < -0.39 is 29.7 Å². The Morgan fingerprint density at radius 1 is 1.09 bits per heavy atom. The molecule has 0 aromatic heterocycles. The van der Waals surface area contributed by atoms with Crippen LogP contribution in [0.15, 0.2) is 48.2 Å². The first-order valence-corrected chi connectivity index (χ1v) is 9.87. The van der Waals surface area contributed by atoms with Gasteiger partial charge in [-0.25, -0.2) is 0 Å². The highest BCUT2D eigenvalue weighted by Gasteiger charge is 2.23. The summed E-state index contributed by atoms with van der Waals surface area (Å²) in [6.45, 7) is 3.35. The van der Waals surface area contributed by atoms with Crippen molar-refractivity contribution >= 4 is 23.9 Å². The van der Waals surface area contributed by atoms with Crippen molar-refractivity contribution in [3.8, 4) is 17.2 Å². The molecule has 0 bridgehead atoms.